The van der Waals surface area contributed by atoms with Crippen molar-refractivity contribution in [3.8, 4) is 5.75 Å². The Labute approximate surface area is 201 Å². The molecule has 1 atom stereocenters. The highest BCUT2D eigenvalue weighted by Gasteiger charge is 2.66. The summed E-state index contributed by atoms with van der Waals surface area (Å²) in [4.78, 5) is 14.2. The third-order valence-electron chi connectivity index (χ3n) is 6.14. The zero-order valence-electron chi connectivity index (χ0n) is 18.6. The molecule has 2 amide bonds. The lowest BCUT2D eigenvalue weighted by molar-refractivity contribution is -0.296. The number of rotatable bonds is 3. The van der Waals surface area contributed by atoms with Crippen LogP contribution in [0.15, 0.2) is 71.8 Å². The van der Waals surface area contributed by atoms with Crippen LogP contribution in [0.2, 0.25) is 0 Å². The van der Waals surface area contributed by atoms with Crippen molar-refractivity contribution >= 4 is 17.4 Å². The van der Waals surface area contributed by atoms with Gasteiger partial charge in [0.15, 0.2) is 0 Å². The smallest absolute Gasteiger partial charge is 0.427 e. The van der Waals surface area contributed by atoms with Crippen LogP contribution < -0.4 is 9.64 Å². The summed E-state index contributed by atoms with van der Waals surface area (Å²) < 4.78 is 87.6. The molecule has 0 saturated carbocycles. The highest BCUT2D eigenvalue weighted by molar-refractivity contribution is 6.08. The van der Waals surface area contributed by atoms with Gasteiger partial charge in [-0.15, -0.1) is 0 Å². The molecule has 5 rings (SSSR count). The lowest BCUT2D eigenvalue weighted by Gasteiger charge is -2.23. The lowest BCUT2D eigenvalue weighted by atomic mass is 9.90. The first-order valence-corrected chi connectivity index (χ1v) is 10.7. The summed E-state index contributed by atoms with van der Waals surface area (Å²) in [6.07, 6.45) is -4.72. The zero-order valence-corrected chi connectivity index (χ0v) is 18.6. The first kappa shape index (κ1) is 23.7. The molecule has 2 aliphatic rings. The van der Waals surface area contributed by atoms with Gasteiger partial charge in [0.05, 0.1) is 17.8 Å². The van der Waals surface area contributed by atoms with Crippen molar-refractivity contribution in [2.75, 3.05) is 18.5 Å². The summed E-state index contributed by atoms with van der Waals surface area (Å²) >= 11 is 0. The summed E-state index contributed by atoms with van der Waals surface area (Å²) in [5.41, 5.74) is -0.220. The molecular formula is C25H17F6N3O2. The van der Waals surface area contributed by atoms with Crippen LogP contribution in [0.25, 0.3) is 0 Å². The van der Waals surface area contributed by atoms with E-state index in [0.717, 1.165) is 22.0 Å². The number of amides is 2. The molecule has 0 radical (unpaired) electrons. The molecule has 2 heterocycles. The van der Waals surface area contributed by atoms with Crippen LogP contribution in [0.5, 0.6) is 5.75 Å². The van der Waals surface area contributed by atoms with E-state index in [4.69, 9.17) is 0 Å². The largest absolute Gasteiger partial charge is 0.469 e. The van der Waals surface area contributed by atoms with Gasteiger partial charge in [-0.1, -0.05) is 30.3 Å². The van der Waals surface area contributed by atoms with Gasteiger partial charge in [-0.25, -0.2) is 18.6 Å². The topological polar surface area (TPSA) is 45.1 Å². The molecule has 0 bridgehead atoms. The van der Waals surface area contributed by atoms with Gasteiger partial charge in [0.1, 0.15) is 17.4 Å². The number of urea groups is 1. The normalized spacial score (nSPS) is 19.5. The predicted molar refractivity (Wildman–Crippen MR) is 118 cm³/mol. The van der Waals surface area contributed by atoms with E-state index in [-0.39, 0.29) is 23.5 Å². The molecule has 0 spiro atoms. The monoisotopic (exact) mass is 505 g/mol. The van der Waals surface area contributed by atoms with Gasteiger partial charge < -0.3 is 4.74 Å². The number of fused-ring (bicyclic) bond motifs is 1. The quantitative estimate of drug-likeness (QED) is 0.404. The Morgan fingerprint density at radius 1 is 1.03 bits per heavy atom. The number of alkyl halides is 4. The molecule has 186 valence electrons. The molecule has 2 aliphatic heterocycles. The highest BCUT2D eigenvalue weighted by atomic mass is 19.3. The molecule has 5 nitrogen and oxygen atoms in total. The van der Waals surface area contributed by atoms with Crippen molar-refractivity contribution in [3.63, 3.8) is 0 Å². The molecule has 0 saturated heterocycles. The third kappa shape index (κ3) is 3.75. The van der Waals surface area contributed by atoms with Gasteiger partial charge >= 0.3 is 18.1 Å². The Morgan fingerprint density at radius 3 is 2.42 bits per heavy atom. The van der Waals surface area contributed by atoms with Crippen molar-refractivity contribution in [2.24, 2.45) is 5.10 Å². The SMILES string of the molecule is CN(C(=O)N1CC(c2ccc(F)cc2)C(c2ccccc2F)=N1)c1ccc2c(c1)C(F)(F)C(F)(F)O2. The molecule has 0 aliphatic carbocycles. The number of benzene rings is 3. The zero-order chi connectivity index (χ0) is 25.8. The molecular weight excluding hydrogens is 488 g/mol. The predicted octanol–water partition coefficient (Wildman–Crippen LogP) is 6.10. The fourth-order valence-electron chi connectivity index (χ4n) is 4.19. The maximum Gasteiger partial charge on any atom is 0.469 e. The van der Waals surface area contributed by atoms with Crippen LogP contribution in [-0.2, 0) is 5.92 Å². The standard InChI is InChI=1S/C25H17F6N3O2/c1-33(16-10-11-21-19(12-16)24(28,29)25(30,31)36-21)23(35)34-13-18(14-6-8-15(26)9-7-14)22(32-34)17-4-2-3-5-20(17)27/h2-12,18H,13H2,1H3. The molecule has 11 heteroatoms. The Bertz CT molecular complexity index is 1380. The first-order valence-electron chi connectivity index (χ1n) is 10.7. The molecule has 36 heavy (non-hydrogen) atoms. The minimum absolute atomic E-state index is 0.0548. The Kier molecular flexibility index (Phi) is 5.46. The maximum absolute atomic E-state index is 14.6. The van der Waals surface area contributed by atoms with Crippen molar-refractivity contribution in [1.82, 2.24) is 5.01 Å². The summed E-state index contributed by atoms with van der Waals surface area (Å²) in [5.74, 6) is -6.94. The lowest BCUT2D eigenvalue weighted by Crippen LogP contribution is -2.38. The van der Waals surface area contributed by atoms with E-state index in [9.17, 15) is 31.1 Å². The number of hydrogen-bond acceptors (Lipinski definition) is 3. The van der Waals surface area contributed by atoms with Crippen molar-refractivity contribution < 1.29 is 35.9 Å². The molecule has 3 aromatic carbocycles. The van der Waals surface area contributed by atoms with E-state index < -0.39 is 46.9 Å². The second kappa shape index (κ2) is 8.28. The second-order valence-corrected chi connectivity index (χ2v) is 8.37. The van der Waals surface area contributed by atoms with E-state index >= 15 is 0 Å². The van der Waals surface area contributed by atoms with Crippen LogP contribution in [0, 0.1) is 11.6 Å². The van der Waals surface area contributed by atoms with E-state index in [1.54, 1.807) is 6.07 Å². The van der Waals surface area contributed by atoms with E-state index in [1.807, 2.05) is 0 Å². The molecule has 0 N–H and O–H groups in total. The Balaban J connectivity index is 1.48. The Morgan fingerprint density at radius 2 is 1.72 bits per heavy atom. The van der Waals surface area contributed by atoms with Gasteiger partial charge in [-0.2, -0.15) is 22.7 Å². The summed E-state index contributed by atoms with van der Waals surface area (Å²) in [5, 5.41) is 5.32. The highest BCUT2D eigenvalue weighted by Crippen LogP contribution is 2.54. The van der Waals surface area contributed by atoms with Crippen molar-refractivity contribution in [1.29, 1.82) is 0 Å². The van der Waals surface area contributed by atoms with Crippen molar-refractivity contribution in [2.45, 2.75) is 17.9 Å². The van der Waals surface area contributed by atoms with Gasteiger partial charge in [0.25, 0.3) is 0 Å². The fraction of sp³-hybridized carbons (Fsp3) is 0.200. The minimum Gasteiger partial charge on any atom is -0.427 e. The fourth-order valence-corrected chi connectivity index (χ4v) is 4.19. The number of anilines is 1. The van der Waals surface area contributed by atoms with Gasteiger partial charge in [0.2, 0.25) is 0 Å². The molecule has 3 aromatic rings. The number of nitrogens with zero attached hydrogens (tertiary/aromatic N) is 3. The number of carbonyl (C=O) groups is 1. The Hall–Kier alpha value is -4.02. The van der Waals surface area contributed by atoms with Crippen LogP contribution in [0.3, 0.4) is 0 Å². The van der Waals surface area contributed by atoms with E-state index in [1.165, 1.54) is 55.6 Å². The number of carbonyl (C=O) groups excluding carboxylic acids is 1. The van der Waals surface area contributed by atoms with Gasteiger partial charge in [-0.05, 0) is 42.0 Å². The third-order valence-corrected chi connectivity index (χ3v) is 6.14. The molecule has 0 aromatic heterocycles. The number of halogens is 6. The molecule has 1 unspecified atom stereocenters. The van der Waals surface area contributed by atoms with Crippen molar-refractivity contribution in [3.05, 3.63) is 95.1 Å². The number of hydrogen-bond donors (Lipinski definition) is 0. The summed E-state index contributed by atoms with van der Waals surface area (Å²) in [7, 11) is 1.26. The summed E-state index contributed by atoms with van der Waals surface area (Å²) in [6.45, 7) is -0.0548. The van der Waals surface area contributed by atoms with Crippen LogP contribution in [0.1, 0.15) is 22.6 Å². The maximum atomic E-state index is 14.6. The van der Waals surface area contributed by atoms with E-state index in [0.29, 0.717) is 5.56 Å². The second-order valence-electron chi connectivity index (χ2n) is 8.37. The summed E-state index contributed by atoms with van der Waals surface area (Å²) in [6, 6.07) is 13.4. The minimum atomic E-state index is -4.72. The van der Waals surface area contributed by atoms with Crippen LogP contribution >= 0.6 is 0 Å². The van der Waals surface area contributed by atoms with Gasteiger partial charge in [-0.3, -0.25) is 4.90 Å². The molecule has 0 fully saturated rings. The van der Waals surface area contributed by atoms with Crippen LogP contribution in [0.4, 0.5) is 36.8 Å². The average molecular weight is 505 g/mol. The van der Waals surface area contributed by atoms with E-state index in [2.05, 4.69) is 9.84 Å². The first-order chi connectivity index (χ1) is 17.0. The average Bonchev–Trinajstić information content (AvgIpc) is 3.35. The van der Waals surface area contributed by atoms with Crippen LogP contribution in [-0.4, -0.2) is 36.5 Å². The van der Waals surface area contributed by atoms with Gasteiger partial charge in [0, 0.05) is 24.2 Å². The number of hydrazone groups is 1. The number of ether oxygens (including phenoxy) is 1.